The molecule has 1 aromatic heterocycles. The van der Waals surface area contributed by atoms with Crippen LogP contribution < -0.4 is 5.32 Å². The van der Waals surface area contributed by atoms with Gasteiger partial charge in [0.1, 0.15) is 0 Å². The Morgan fingerprint density at radius 2 is 1.77 bits per heavy atom. The zero-order chi connectivity index (χ0) is 22.2. The summed E-state index contributed by atoms with van der Waals surface area (Å²) >= 11 is 0. The number of nitrogens with zero attached hydrogens (tertiary/aromatic N) is 1. The molecule has 0 saturated carbocycles. The quantitative estimate of drug-likeness (QED) is 0.452. The minimum absolute atomic E-state index is 0.0505. The molecule has 1 amide bonds. The first-order valence-corrected chi connectivity index (χ1v) is 9.92. The van der Waals surface area contributed by atoms with Gasteiger partial charge >= 0.3 is 5.97 Å². The number of carbonyl (C=O) groups excluding carboxylic acids is 2. The first-order valence-electron chi connectivity index (χ1n) is 9.92. The second kappa shape index (κ2) is 10.4. The number of carbonyl (C=O) groups is 2. The largest absolute Gasteiger partial charge is 0.491 e. The van der Waals surface area contributed by atoms with Gasteiger partial charge in [0.25, 0.3) is 11.8 Å². The van der Waals surface area contributed by atoms with E-state index in [2.05, 4.69) is 10.5 Å². The predicted octanol–water partition coefficient (Wildman–Crippen LogP) is 2.70. The maximum atomic E-state index is 12.4. The molecule has 0 aliphatic heterocycles. The minimum atomic E-state index is -1.39. The van der Waals surface area contributed by atoms with Gasteiger partial charge in [-0.3, -0.25) is 4.79 Å². The lowest BCUT2D eigenvalue weighted by Crippen LogP contribution is -2.40. The van der Waals surface area contributed by atoms with Gasteiger partial charge in [-0.25, -0.2) is 4.79 Å². The molecule has 1 heterocycles. The third-order valence-electron chi connectivity index (χ3n) is 4.67. The zero-order valence-corrected chi connectivity index (χ0v) is 17.0. The molecule has 3 N–H and O–H groups in total. The highest BCUT2D eigenvalue weighted by molar-refractivity contribution is 5.91. The van der Waals surface area contributed by atoms with Gasteiger partial charge in [0.2, 0.25) is 5.76 Å². The molecule has 0 aliphatic carbocycles. The van der Waals surface area contributed by atoms with Crippen LogP contribution in [-0.4, -0.2) is 46.0 Å². The van der Waals surface area contributed by atoms with Crippen LogP contribution in [0.2, 0.25) is 0 Å². The van der Waals surface area contributed by atoms with Crippen molar-refractivity contribution < 1.29 is 29.1 Å². The van der Waals surface area contributed by atoms with Crippen LogP contribution in [0.25, 0.3) is 11.1 Å². The van der Waals surface area contributed by atoms with Crippen molar-refractivity contribution in [3.8, 4) is 17.0 Å². The van der Waals surface area contributed by atoms with Gasteiger partial charge in [-0.1, -0.05) is 54.6 Å². The van der Waals surface area contributed by atoms with Gasteiger partial charge in [-0.05, 0) is 35.2 Å². The highest BCUT2D eigenvalue weighted by atomic mass is 16.5. The van der Waals surface area contributed by atoms with Crippen molar-refractivity contribution in [3.05, 3.63) is 72.0 Å². The smallest absolute Gasteiger partial charge is 0.335 e. The molecule has 0 saturated heterocycles. The molecule has 162 valence electrons. The van der Waals surface area contributed by atoms with E-state index in [1.807, 2.05) is 54.6 Å². The summed E-state index contributed by atoms with van der Waals surface area (Å²) in [5.41, 5.74) is 3.04. The lowest BCUT2D eigenvalue weighted by molar-refractivity contribution is -0.153. The second-order valence-electron chi connectivity index (χ2n) is 6.99. The second-order valence-corrected chi connectivity index (χ2v) is 6.99. The number of rotatable bonds is 9. The average molecular weight is 424 g/mol. The summed E-state index contributed by atoms with van der Waals surface area (Å²) < 4.78 is 9.62. The number of ether oxygens (including phenoxy) is 1. The van der Waals surface area contributed by atoms with Crippen LogP contribution in [0.1, 0.15) is 29.5 Å². The Kier molecular flexibility index (Phi) is 7.40. The monoisotopic (exact) mass is 424 g/mol. The van der Waals surface area contributed by atoms with Crippen LogP contribution in [0.4, 0.5) is 0 Å². The van der Waals surface area contributed by atoms with E-state index in [0.29, 0.717) is 6.42 Å². The molecule has 31 heavy (non-hydrogen) atoms. The van der Waals surface area contributed by atoms with Crippen LogP contribution in [0.3, 0.4) is 0 Å². The molecule has 0 fully saturated rings. The van der Waals surface area contributed by atoms with Crippen molar-refractivity contribution >= 4 is 11.9 Å². The lowest BCUT2D eigenvalue weighted by Gasteiger charge is -2.21. The van der Waals surface area contributed by atoms with E-state index < -0.39 is 29.9 Å². The minimum Gasteiger partial charge on any atom is -0.491 e. The van der Waals surface area contributed by atoms with E-state index in [9.17, 15) is 19.8 Å². The molecule has 0 radical (unpaired) electrons. The molecule has 0 aliphatic rings. The summed E-state index contributed by atoms with van der Waals surface area (Å²) in [5, 5.41) is 25.5. The summed E-state index contributed by atoms with van der Waals surface area (Å²) in [7, 11) is 0. The number of hydrogen-bond donors (Lipinski definition) is 3. The van der Waals surface area contributed by atoms with E-state index in [0.717, 1.165) is 22.8 Å². The number of amides is 1. The normalized spacial score (nSPS) is 12.7. The Bertz CT molecular complexity index is 1000. The Labute approximate surface area is 179 Å². The molecule has 2 aromatic carbocycles. The number of esters is 1. The number of aliphatic hydroxyl groups is 1. The van der Waals surface area contributed by atoms with Crippen LogP contribution in [0, 0.1) is 0 Å². The summed E-state index contributed by atoms with van der Waals surface area (Å²) in [6, 6.07) is 18.2. The Hall–Kier alpha value is -3.65. The summed E-state index contributed by atoms with van der Waals surface area (Å²) in [6.45, 7) is 1.79. The molecule has 8 heteroatoms. The first-order chi connectivity index (χ1) is 15.0. The van der Waals surface area contributed by atoms with Crippen molar-refractivity contribution in [1.82, 2.24) is 10.5 Å². The molecule has 2 atom stereocenters. The highest BCUT2D eigenvalue weighted by Gasteiger charge is 2.25. The topological polar surface area (TPSA) is 122 Å². The third kappa shape index (κ3) is 6.16. The fourth-order valence-corrected chi connectivity index (χ4v) is 3.18. The molecule has 8 nitrogen and oxygen atoms in total. The SMILES string of the molecule is CCOC(=O)C(O)CC(Cc1ccc(-c2ccccc2)cc1)NC(=O)c1cc(O)no1. The fraction of sp³-hybridized carbons (Fsp3) is 0.261. The van der Waals surface area contributed by atoms with Crippen LogP contribution in [-0.2, 0) is 16.0 Å². The van der Waals surface area contributed by atoms with Gasteiger partial charge < -0.3 is 24.8 Å². The maximum Gasteiger partial charge on any atom is 0.335 e. The van der Waals surface area contributed by atoms with Gasteiger partial charge in [-0.2, -0.15) is 0 Å². The zero-order valence-electron chi connectivity index (χ0n) is 17.0. The number of aliphatic hydroxyl groups excluding tert-OH is 1. The number of nitrogens with one attached hydrogen (secondary N) is 1. The number of aromatic hydroxyl groups is 1. The van der Waals surface area contributed by atoms with Gasteiger partial charge in [0.05, 0.1) is 12.7 Å². The molecule has 0 bridgehead atoms. The summed E-state index contributed by atoms with van der Waals surface area (Å²) in [4.78, 5) is 24.3. The maximum absolute atomic E-state index is 12.4. The molecular weight excluding hydrogens is 400 g/mol. The molecule has 2 unspecified atom stereocenters. The van der Waals surface area contributed by atoms with Gasteiger partial charge in [0, 0.05) is 12.5 Å². The van der Waals surface area contributed by atoms with Gasteiger partial charge in [-0.15, -0.1) is 0 Å². The van der Waals surface area contributed by atoms with E-state index in [-0.39, 0.29) is 18.8 Å². The van der Waals surface area contributed by atoms with Crippen molar-refractivity contribution in [2.45, 2.75) is 31.9 Å². The highest BCUT2D eigenvalue weighted by Crippen LogP contribution is 2.20. The average Bonchev–Trinajstić information content (AvgIpc) is 3.21. The first kappa shape index (κ1) is 22.0. The van der Waals surface area contributed by atoms with E-state index in [1.165, 1.54) is 0 Å². The van der Waals surface area contributed by atoms with Gasteiger partial charge in [0.15, 0.2) is 6.10 Å². The van der Waals surface area contributed by atoms with E-state index >= 15 is 0 Å². The predicted molar refractivity (Wildman–Crippen MR) is 112 cm³/mol. The third-order valence-corrected chi connectivity index (χ3v) is 4.67. The molecule has 3 aromatic rings. The molecule has 3 rings (SSSR count). The van der Waals surface area contributed by atoms with E-state index in [4.69, 9.17) is 9.26 Å². The van der Waals surface area contributed by atoms with Crippen molar-refractivity contribution in [1.29, 1.82) is 0 Å². The lowest BCUT2D eigenvalue weighted by atomic mass is 9.97. The van der Waals surface area contributed by atoms with Crippen LogP contribution >= 0.6 is 0 Å². The fourth-order valence-electron chi connectivity index (χ4n) is 3.18. The van der Waals surface area contributed by atoms with Crippen LogP contribution in [0.5, 0.6) is 5.88 Å². The number of aromatic nitrogens is 1. The van der Waals surface area contributed by atoms with Crippen LogP contribution in [0.15, 0.2) is 65.2 Å². The van der Waals surface area contributed by atoms with E-state index in [1.54, 1.807) is 6.92 Å². The standard InChI is InChI=1S/C23H24N2O6/c1-2-30-23(29)19(26)13-18(24-22(28)20-14-21(27)25-31-20)12-15-8-10-17(11-9-15)16-6-4-3-5-7-16/h3-11,14,18-19,26H,2,12-13H2,1H3,(H,24,28)(H,25,27). The summed E-state index contributed by atoms with van der Waals surface area (Å²) in [6.07, 6.45) is -1.08. The number of hydrogen-bond acceptors (Lipinski definition) is 7. The number of benzene rings is 2. The molecular formula is C23H24N2O6. The van der Waals surface area contributed by atoms with Crippen molar-refractivity contribution in [3.63, 3.8) is 0 Å². The Balaban J connectivity index is 1.73. The van der Waals surface area contributed by atoms with Crippen molar-refractivity contribution in [2.75, 3.05) is 6.61 Å². The Morgan fingerprint density at radius 3 is 2.39 bits per heavy atom. The molecule has 0 spiro atoms. The Morgan fingerprint density at radius 1 is 1.10 bits per heavy atom. The summed E-state index contributed by atoms with van der Waals surface area (Å²) in [5.74, 6) is -1.95. The van der Waals surface area contributed by atoms with Crippen molar-refractivity contribution in [2.24, 2.45) is 0 Å².